The van der Waals surface area contributed by atoms with Crippen LogP contribution in [0.25, 0.3) is 0 Å². The molecule has 0 bridgehead atoms. The highest BCUT2D eigenvalue weighted by Crippen LogP contribution is 2.41. The second-order valence-corrected chi connectivity index (χ2v) is 7.59. The molecule has 0 aliphatic heterocycles. The lowest BCUT2D eigenvalue weighted by Gasteiger charge is -2.36. The van der Waals surface area contributed by atoms with E-state index >= 15 is 0 Å². The van der Waals surface area contributed by atoms with Crippen LogP contribution in [0.5, 0.6) is 0 Å². The first kappa shape index (κ1) is 16.9. The second kappa shape index (κ2) is 6.89. The molecule has 0 unspecified atom stereocenters. The van der Waals surface area contributed by atoms with Crippen molar-refractivity contribution in [2.75, 3.05) is 6.54 Å². The summed E-state index contributed by atoms with van der Waals surface area (Å²) in [7, 11) is 0. The van der Waals surface area contributed by atoms with Gasteiger partial charge in [-0.3, -0.25) is 9.59 Å². The Balaban J connectivity index is 1.82. The number of aromatic amines is 1. The van der Waals surface area contributed by atoms with Crippen molar-refractivity contribution in [2.45, 2.75) is 51.4 Å². The van der Waals surface area contributed by atoms with Gasteiger partial charge < -0.3 is 5.32 Å². The van der Waals surface area contributed by atoms with Gasteiger partial charge in [-0.05, 0) is 43.7 Å². The minimum atomic E-state index is -0.426. The summed E-state index contributed by atoms with van der Waals surface area (Å²) in [5.41, 5.74) is 1.07. The van der Waals surface area contributed by atoms with E-state index in [4.69, 9.17) is 0 Å². The summed E-state index contributed by atoms with van der Waals surface area (Å²) in [6.45, 7) is 4.13. The van der Waals surface area contributed by atoms with Crippen molar-refractivity contribution in [3.63, 3.8) is 0 Å². The third-order valence-corrected chi connectivity index (χ3v) is 6.26. The van der Waals surface area contributed by atoms with Gasteiger partial charge in [0, 0.05) is 16.8 Å². The first-order valence-electron chi connectivity index (χ1n) is 8.41. The summed E-state index contributed by atoms with van der Waals surface area (Å²) < 4.78 is 0. The highest BCUT2D eigenvalue weighted by Gasteiger charge is 2.35. The van der Waals surface area contributed by atoms with E-state index in [1.165, 1.54) is 24.1 Å². The van der Waals surface area contributed by atoms with Gasteiger partial charge >= 0.3 is 0 Å². The maximum absolute atomic E-state index is 12.6. The number of hydrogen-bond donors (Lipinski definition) is 2. The Kier molecular flexibility index (Phi) is 4.85. The zero-order valence-corrected chi connectivity index (χ0v) is 15.0. The van der Waals surface area contributed by atoms with Crippen LogP contribution in [-0.2, 0) is 5.41 Å². The zero-order valence-electron chi connectivity index (χ0n) is 14.1. The maximum Gasteiger partial charge on any atom is 0.277 e. The van der Waals surface area contributed by atoms with Crippen molar-refractivity contribution in [1.29, 1.82) is 0 Å². The van der Waals surface area contributed by atoms with Gasteiger partial charge in [0.25, 0.3) is 11.5 Å². The largest absolute Gasteiger partial charge is 0.351 e. The molecule has 5 nitrogen and oxygen atoms in total. The molecule has 0 saturated heterocycles. The van der Waals surface area contributed by atoms with Gasteiger partial charge in [-0.25, -0.2) is 5.10 Å². The van der Waals surface area contributed by atoms with Crippen molar-refractivity contribution in [1.82, 2.24) is 15.5 Å². The van der Waals surface area contributed by atoms with Gasteiger partial charge in [-0.15, -0.1) is 11.3 Å². The average molecular weight is 345 g/mol. The number of H-pyrrole nitrogens is 1. The normalized spacial score (nSPS) is 16.8. The zero-order chi connectivity index (χ0) is 17.2. The molecule has 3 rings (SSSR count). The summed E-state index contributed by atoms with van der Waals surface area (Å²) >= 11 is 1.76. The summed E-state index contributed by atoms with van der Waals surface area (Å²) in [6.07, 6.45) is 5.78. The molecule has 1 fully saturated rings. The van der Waals surface area contributed by atoms with Crippen LogP contribution >= 0.6 is 11.3 Å². The lowest BCUT2D eigenvalue weighted by Crippen LogP contribution is -2.43. The Morgan fingerprint density at radius 1 is 1.33 bits per heavy atom. The molecule has 1 aliphatic rings. The van der Waals surface area contributed by atoms with E-state index in [1.54, 1.807) is 25.2 Å². The Labute approximate surface area is 145 Å². The van der Waals surface area contributed by atoms with Crippen molar-refractivity contribution >= 4 is 17.2 Å². The van der Waals surface area contributed by atoms with Crippen molar-refractivity contribution in [2.24, 2.45) is 0 Å². The van der Waals surface area contributed by atoms with Gasteiger partial charge in [-0.1, -0.05) is 25.3 Å². The fourth-order valence-electron chi connectivity index (χ4n) is 3.56. The number of carbonyl (C=O) groups is 1. The molecule has 1 saturated carbocycles. The molecule has 128 valence electrons. The average Bonchev–Trinajstić information content (AvgIpc) is 3.13. The van der Waals surface area contributed by atoms with E-state index in [0.717, 1.165) is 12.8 Å². The molecule has 2 heterocycles. The van der Waals surface area contributed by atoms with Gasteiger partial charge in [0.05, 0.1) is 5.69 Å². The van der Waals surface area contributed by atoms with E-state index in [1.807, 2.05) is 0 Å². The highest BCUT2D eigenvalue weighted by molar-refractivity contribution is 7.10. The van der Waals surface area contributed by atoms with Gasteiger partial charge in [0.2, 0.25) is 0 Å². The first-order chi connectivity index (χ1) is 11.5. The topological polar surface area (TPSA) is 74.8 Å². The molecule has 24 heavy (non-hydrogen) atoms. The molecule has 6 heteroatoms. The fraction of sp³-hybridized carbons (Fsp3) is 0.500. The number of nitrogens with one attached hydrogen (secondary N) is 2. The fourth-order valence-corrected chi connectivity index (χ4v) is 4.54. The number of carbonyl (C=O) groups excluding carboxylic acids is 1. The van der Waals surface area contributed by atoms with Gasteiger partial charge in [0.1, 0.15) is 5.56 Å². The molecular formula is C18H23N3O2S. The monoisotopic (exact) mass is 345 g/mol. The number of aromatic nitrogens is 2. The molecule has 0 spiro atoms. The van der Waals surface area contributed by atoms with Crippen molar-refractivity contribution in [3.8, 4) is 0 Å². The minimum absolute atomic E-state index is 0.00478. The third-order valence-electron chi connectivity index (χ3n) is 5.14. The summed E-state index contributed by atoms with van der Waals surface area (Å²) in [6, 6.07) is 4.23. The van der Waals surface area contributed by atoms with E-state index in [0.29, 0.717) is 17.8 Å². The summed E-state index contributed by atoms with van der Waals surface area (Å²) in [5.74, 6) is -0.305. The van der Waals surface area contributed by atoms with Crippen LogP contribution in [0.4, 0.5) is 0 Å². The Morgan fingerprint density at radius 2 is 2.08 bits per heavy atom. The molecule has 1 aliphatic carbocycles. The molecular weight excluding hydrogens is 322 g/mol. The first-order valence-corrected chi connectivity index (χ1v) is 9.29. The summed E-state index contributed by atoms with van der Waals surface area (Å²) in [4.78, 5) is 26.0. The number of amides is 1. The van der Waals surface area contributed by atoms with Crippen molar-refractivity contribution < 1.29 is 4.79 Å². The predicted octanol–water partition coefficient (Wildman–Crippen LogP) is 3.08. The quantitative estimate of drug-likeness (QED) is 0.894. The smallest absolute Gasteiger partial charge is 0.277 e. The molecule has 2 aromatic rings. The molecule has 0 atom stereocenters. The van der Waals surface area contributed by atoms with E-state index in [-0.39, 0.29) is 16.9 Å². The highest BCUT2D eigenvalue weighted by atomic mass is 32.1. The van der Waals surface area contributed by atoms with Crippen LogP contribution in [0.1, 0.15) is 58.6 Å². The van der Waals surface area contributed by atoms with Crippen molar-refractivity contribution in [3.05, 3.63) is 49.6 Å². The molecule has 2 N–H and O–H groups in total. The van der Waals surface area contributed by atoms with Crippen LogP contribution in [0.3, 0.4) is 0 Å². The van der Waals surface area contributed by atoms with Crippen LogP contribution in [0.15, 0.2) is 22.3 Å². The van der Waals surface area contributed by atoms with E-state index in [2.05, 4.69) is 33.0 Å². The lowest BCUT2D eigenvalue weighted by atomic mass is 9.73. The maximum atomic E-state index is 12.6. The Morgan fingerprint density at radius 3 is 2.75 bits per heavy atom. The minimum Gasteiger partial charge on any atom is -0.351 e. The number of rotatable bonds is 4. The number of aryl methyl sites for hydroxylation is 1. The van der Waals surface area contributed by atoms with E-state index in [9.17, 15) is 9.59 Å². The van der Waals surface area contributed by atoms with Gasteiger partial charge in [0.15, 0.2) is 0 Å². The third kappa shape index (κ3) is 3.15. The summed E-state index contributed by atoms with van der Waals surface area (Å²) in [5, 5.41) is 11.4. The molecule has 0 aromatic carbocycles. The van der Waals surface area contributed by atoms with Crippen LogP contribution in [0, 0.1) is 13.8 Å². The molecule has 2 aromatic heterocycles. The lowest BCUT2D eigenvalue weighted by molar-refractivity contribution is 0.0934. The second-order valence-electron chi connectivity index (χ2n) is 6.64. The standard InChI is InChI=1S/C18H23N3O2S/c1-12-13(2)20-21-17(23)15(12)16(22)19-11-18(8-4-3-5-9-18)14-7-6-10-24-14/h6-7,10H,3-5,8-9,11H2,1-2H3,(H,19,22)(H,21,23). The van der Waals surface area contributed by atoms with Crippen LogP contribution in [-0.4, -0.2) is 22.6 Å². The van der Waals surface area contributed by atoms with E-state index < -0.39 is 5.56 Å². The molecule has 0 radical (unpaired) electrons. The number of thiophene rings is 1. The predicted molar refractivity (Wildman–Crippen MR) is 95.7 cm³/mol. The molecule has 1 amide bonds. The number of nitrogens with zero attached hydrogens (tertiary/aromatic N) is 1. The van der Waals surface area contributed by atoms with Gasteiger partial charge in [-0.2, -0.15) is 5.10 Å². The van der Waals surface area contributed by atoms with Crippen LogP contribution in [0.2, 0.25) is 0 Å². The van der Waals surface area contributed by atoms with Crippen LogP contribution < -0.4 is 10.9 Å². The SMILES string of the molecule is Cc1n[nH]c(=O)c(C(=O)NCC2(c3cccs3)CCCCC2)c1C. The number of hydrogen-bond acceptors (Lipinski definition) is 4. The Bertz CT molecular complexity index is 774. The Hall–Kier alpha value is -1.95.